The van der Waals surface area contributed by atoms with Crippen molar-refractivity contribution in [1.29, 1.82) is 5.26 Å². The quantitative estimate of drug-likeness (QED) is 0.837. The maximum atomic E-state index is 12.7. The molecule has 0 fully saturated rings. The van der Waals surface area contributed by atoms with Crippen molar-refractivity contribution in [3.05, 3.63) is 29.8 Å². The van der Waals surface area contributed by atoms with Crippen LogP contribution in [-0.2, 0) is 0 Å². The fourth-order valence-electron chi connectivity index (χ4n) is 1.06. The first-order valence-corrected chi connectivity index (χ1v) is 4.50. The molecule has 0 heterocycles. The van der Waals surface area contributed by atoms with Crippen molar-refractivity contribution in [2.75, 3.05) is 11.9 Å². The molecule has 92 valence electrons. The second-order valence-electron chi connectivity index (χ2n) is 3.23. The normalized spacial score (nSPS) is 12.9. The van der Waals surface area contributed by atoms with Crippen LogP contribution in [0.15, 0.2) is 18.2 Å². The van der Waals surface area contributed by atoms with E-state index in [-0.39, 0.29) is 5.69 Å². The highest BCUT2D eigenvalue weighted by Gasteiger charge is 2.39. The Morgan fingerprint density at radius 3 is 2.35 bits per heavy atom. The Hall–Kier alpha value is -1.84. The number of hydrogen-bond acceptors (Lipinski definition) is 2. The van der Waals surface area contributed by atoms with Crippen molar-refractivity contribution in [3.63, 3.8) is 0 Å². The maximum absolute atomic E-state index is 12.7. The zero-order valence-corrected chi connectivity index (χ0v) is 8.35. The number of halogens is 5. The molecule has 1 aromatic rings. The average Bonchev–Trinajstić information content (AvgIpc) is 2.22. The SMILES string of the molecule is N#CC(CNc1ccc(F)c(F)c1)C(F)(F)F. The molecular formula is C10H7F5N2. The summed E-state index contributed by atoms with van der Waals surface area (Å²) in [7, 11) is 0. The molecule has 0 saturated heterocycles. The molecule has 1 atom stereocenters. The van der Waals surface area contributed by atoms with E-state index in [1.165, 1.54) is 0 Å². The van der Waals surface area contributed by atoms with E-state index < -0.39 is 30.3 Å². The van der Waals surface area contributed by atoms with Gasteiger partial charge in [-0.25, -0.2) is 8.78 Å². The van der Waals surface area contributed by atoms with E-state index in [0.717, 1.165) is 24.3 Å². The summed E-state index contributed by atoms with van der Waals surface area (Å²) in [5.41, 5.74) is -0.0200. The van der Waals surface area contributed by atoms with Crippen molar-refractivity contribution >= 4 is 5.69 Å². The van der Waals surface area contributed by atoms with E-state index >= 15 is 0 Å². The number of nitrogens with one attached hydrogen (secondary N) is 1. The summed E-state index contributed by atoms with van der Waals surface area (Å²) in [5.74, 6) is -4.46. The van der Waals surface area contributed by atoms with Gasteiger partial charge >= 0.3 is 6.18 Å². The van der Waals surface area contributed by atoms with Gasteiger partial charge in [-0.2, -0.15) is 18.4 Å². The fraction of sp³-hybridized carbons (Fsp3) is 0.300. The first kappa shape index (κ1) is 13.2. The zero-order chi connectivity index (χ0) is 13.1. The lowest BCUT2D eigenvalue weighted by atomic mass is 10.1. The van der Waals surface area contributed by atoms with Crippen molar-refractivity contribution in [1.82, 2.24) is 0 Å². The van der Waals surface area contributed by atoms with Gasteiger partial charge in [-0.15, -0.1) is 0 Å². The Morgan fingerprint density at radius 1 is 1.24 bits per heavy atom. The number of anilines is 1. The van der Waals surface area contributed by atoms with Crippen molar-refractivity contribution in [3.8, 4) is 6.07 Å². The Morgan fingerprint density at radius 2 is 1.88 bits per heavy atom. The highest BCUT2D eigenvalue weighted by molar-refractivity contribution is 5.43. The first-order chi connectivity index (χ1) is 7.84. The Kier molecular flexibility index (Phi) is 3.89. The van der Waals surface area contributed by atoms with Gasteiger partial charge in [0.05, 0.1) is 6.07 Å². The number of nitrogens with zero attached hydrogens (tertiary/aromatic N) is 1. The largest absolute Gasteiger partial charge is 0.406 e. The summed E-state index contributed by atoms with van der Waals surface area (Å²) in [4.78, 5) is 0. The molecule has 0 radical (unpaired) electrons. The minimum Gasteiger partial charge on any atom is -0.383 e. The summed E-state index contributed by atoms with van der Waals surface area (Å²) in [5, 5.41) is 10.5. The monoisotopic (exact) mass is 250 g/mol. The van der Waals surface area contributed by atoms with Crippen LogP contribution in [-0.4, -0.2) is 12.7 Å². The first-order valence-electron chi connectivity index (χ1n) is 4.50. The number of hydrogen-bond donors (Lipinski definition) is 1. The van der Waals surface area contributed by atoms with Crippen molar-refractivity contribution < 1.29 is 22.0 Å². The van der Waals surface area contributed by atoms with Crippen molar-refractivity contribution in [2.24, 2.45) is 5.92 Å². The Balaban J connectivity index is 2.67. The minimum absolute atomic E-state index is 0.0200. The molecule has 1 rings (SSSR count). The summed E-state index contributed by atoms with van der Waals surface area (Å²) in [6.07, 6.45) is -4.65. The molecule has 0 aliphatic carbocycles. The van der Waals surface area contributed by atoms with Gasteiger partial charge in [-0.3, -0.25) is 0 Å². The number of benzene rings is 1. The predicted molar refractivity (Wildman–Crippen MR) is 50.0 cm³/mol. The summed E-state index contributed by atoms with van der Waals surface area (Å²) in [6, 6.07) is 3.68. The van der Waals surface area contributed by atoms with Crippen LogP contribution in [0.1, 0.15) is 0 Å². The third-order valence-corrected chi connectivity index (χ3v) is 1.98. The number of rotatable bonds is 3. The molecule has 0 amide bonds. The topological polar surface area (TPSA) is 35.8 Å². The van der Waals surface area contributed by atoms with Gasteiger partial charge in [0.25, 0.3) is 0 Å². The van der Waals surface area contributed by atoms with Gasteiger partial charge in [-0.05, 0) is 18.2 Å². The highest BCUT2D eigenvalue weighted by atomic mass is 19.4. The van der Waals surface area contributed by atoms with E-state index in [1.807, 2.05) is 0 Å². The van der Waals surface area contributed by atoms with E-state index in [9.17, 15) is 22.0 Å². The van der Waals surface area contributed by atoms with Gasteiger partial charge in [0, 0.05) is 12.2 Å². The van der Waals surface area contributed by atoms with Crippen LogP contribution in [0.2, 0.25) is 0 Å². The number of alkyl halides is 3. The van der Waals surface area contributed by atoms with Gasteiger partial charge < -0.3 is 5.32 Å². The van der Waals surface area contributed by atoms with Gasteiger partial charge in [0.1, 0.15) is 0 Å². The molecule has 7 heteroatoms. The summed E-state index contributed by atoms with van der Waals surface area (Å²) >= 11 is 0. The molecule has 0 saturated carbocycles. The average molecular weight is 250 g/mol. The third kappa shape index (κ3) is 3.59. The predicted octanol–water partition coefficient (Wildman–Crippen LogP) is 3.08. The van der Waals surface area contributed by atoms with Crippen LogP contribution in [0.3, 0.4) is 0 Å². The smallest absolute Gasteiger partial charge is 0.383 e. The molecule has 0 spiro atoms. The molecule has 2 nitrogen and oxygen atoms in total. The van der Waals surface area contributed by atoms with Crippen LogP contribution >= 0.6 is 0 Å². The summed E-state index contributed by atoms with van der Waals surface area (Å²) < 4.78 is 61.7. The second kappa shape index (κ2) is 4.99. The molecule has 0 aliphatic heterocycles. The van der Waals surface area contributed by atoms with Crippen LogP contribution in [0.5, 0.6) is 0 Å². The van der Waals surface area contributed by atoms with Gasteiger partial charge in [-0.1, -0.05) is 0 Å². The second-order valence-corrected chi connectivity index (χ2v) is 3.23. The fourth-order valence-corrected chi connectivity index (χ4v) is 1.06. The molecule has 1 unspecified atom stereocenters. The Labute approximate surface area is 93.7 Å². The lowest BCUT2D eigenvalue weighted by Crippen LogP contribution is -2.28. The molecule has 17 heavy (non-hydrogen) atoms. The number of nitriles is 1. The maximum Gasteiger partial charge on any atom is 0.406 e. The molecule has 0 aromatic heterocycles. The molecule has 0 aliphatic rings. The third-order valence-electron chi connectivity index (χ3n) is 1.98. The minimum atomic E-state index is -4.65. The lowest BCUT2D eigenvalue weighted by molar-refractivity contribution is -0.155. The van der Waals surface area contributed by atoms with Crippen LogP contribution in [0.25, 0.3) is 0 Å². The Bertz CT molecular complexity index is 435. The van der Waals surface area contributed by atoms with Crippen LogP contribution < -0.4 is 5.32 Å². The van der Waals surface area contributed by atoms with Gasteiger partial charge in [0.15, 0.2) is 17.6 Å². The van der Waals surface area contributed by atoms with Crippen LogP contribution in [0.4, 0.5) is 27.6 Å². The standard InChI is InChI=1S/C10H7F5N2/c11-8-2-1-7(3-9(8)12)17-5-6(4-16)10(13,14)15/h1-3,6,17H,5H2. The highest BCUT2D eigenvalue weighted by Crippen LogP contribution is 2.26. The van der Waals surface area contributed by atoms with E-state index in [0.29, 0.717) is 0 Å². The molecule has 1 aromatic carbocycles. The molecule has 0 bridgehead atoms. The molecular weight excluding hydrogens is 243 g/mol. The van der Waals surface area contributed by atoms with Gasteiger partial charge in [0.2, 0.25) is 0 Å². The molecule has 1 N–H and O–H groups in total. The van der Waals surface area contributed by atoms with Crippen LogP contribution in [0, 0.1) is 28.9 Å². The van der Waals surface area contributed by atoms with E-state index in [1.54, 1.807) is 0 Å². The van der Waals surface area contributed by atoms with Crippen molar-refractivity contribution in [2.45, 2.75) is 6.18 Å². The summed E-state index contributed by atoms with van der Waals surface area (Å²) in [6.45, 7) is -0.717. The van der Waals surface area contributed by atoms with E-state index in [4.69, 9.17) is 5.26 Å². The zero-order valence-electron chi connectivity index (χ0n) is 8.35. The van der Waals surface area contributed by atoms with E-state index in [2.05, 4.69) is 5.32 Å². The lowest BCUT2D eigenvalue weighted by Gasteiger charge is -2.14.